The normalized spacial score (nSPS) is 25.8. The summed E-state index contributed by atoms with van der Waals surface area (Å²) in [4.78, 5) is 77.3. The predicted octanol–water partition coefficient (Wildman–Crippen LogP) is 18.7. The van der Waals surface area contributed by atoms with E-state index in [1.807, 2.05) is 127 Å². The topological polar surface area (TPSA) is 362 Å². The zero-order valence-corrected chi connectivity index (χ0v) is 84.8. The molecule has 0 bridgehead atoms. The molecule has 708 valence electrons. The number of carbonyl (C=O) groups is 5. The van der Waals surface area contributed by atoms with E-state index < -0.39 is 207 Å². The molecule has 1 aliphatic carbocycles. The third kappa shape index (κ3) is 28.9. The van der Waals surface area contributed by atoms with Gasteiger partial charge in [0.15, 0.2) is 66.7 Å². The summed E-state index contributed by atoms with van der Waals surface area (Å²) in [6, 6.07) is 40.4. The van der Waals surface area contributed by atoms with Crippen LogP contribution >= 0.6 is 0 Å². The predicted molar refractivity (Wildman–Crippen MR) is 500 cm³/mol. The Balaban J connectivity index is 1.27. The number of nitrogens with one attached hydrogen (secondary N) is 5. The number of hydrogen-bond acceptors (Lipinski definition) is 23. The molecule has 5 aromatic rings. The number of aliphatic hydroxyl groups excluding tert-OH is 1. The molecule has 0 spiro atoms. The third-order valence-corrected chi connectivity index (χ3v) is 49.1. The summed E-state index contributed by atoms with van der Waals surface area (Å²) in [5, 5.41) is 30.9. The quantitative estimate of drug-likeness (QED) is 0.00721. The van der Waals surface area contributed by atoms with Crippen molar-refractivity contribution < 1.29 is 103 Å². The summed E-state index contributed by atoms with van der Waals surface area (Å²) in [5.41, 5.74) is 13.5. The Hall–Kier alpha value is -7.64. The second-order valence-electron chi connectivity index (χ2n) is 41.5. The van der Waals surface area contributed by atoms with Crippen molar-refractivity contribution in [1.82, 2.24) is 26.6 Å². The van der Waals surface area contributed by atoms with Gasteiger partial charge in [0.2, 0.25) is 0 Å². The van der Waals surface area contributed by atoms with Crippen LogP contribution in [0.3, 0.4) is 0 Å². The maximum Gasteiger partial charge on any atom is 0.407 e. The Kier molecular flexibility index (Phi) is 36.0. The lowest BCUT2D eigenvalue weighted by atomic mass is 9.83. The average molecular weight is 1870 g/mol. The Morgan fingerprint density at radius 3 is 1.18 bits per heavy atom. The second-order valence-corrected chi connectivity index (χ2v) is 65.3. The van der Waals surface area contributed by atoms with E-state index in [1.165, 1.54) is 0 Å². The van der Waals surface area contributed by atoms with Crippen LogP contribution in [0.2, 0.25) is 90.7 Å². The number of hydrogen-bond donors (Lipinski definition) is 6. The molecule has 3 saturated heterocycles. The number of alkyl carbamates (subject to hydrolysis) is 5. The van der Waals surface area contributed by atoms with E-state index in [4.69, 9.17) is 74.2 Å². The summed E-state index contributed by atoms with van der Waals surface area (Å²) in [6.07, 6.45) is -22.9. The lowest BCUT2D eigenvalue weighted by Gasteiger charge is -2.53. The SMILES string of the molecule is CC(C)(C)[Si](C)(C)OC[C@H]1[C@H](O[C@@H]2[C@@H](O)[C@H](NC(=O)OCc3ccccc3)C[C@H](NC(=O)OCc3ccccc3)[C@H]2O[C@H]2O[C@H](CN=[N+]=[N-])C[C@H](O[Si](C)(C)C(C)(C)C)[C@H]2NC(=O)OCc2ccccc2)O[C@H](O[Si](C)(C)C(C)(C)C)[C@H]1O[C@H]1O[C@@H](CNC(=O)OCc2ccccc2)[C@@H](O[Si](C)(C)C(C)(C)C)[C@H](O[Si](C)(C)C(C)(C)C)[C@H]1NC(=O)OCc1ccccc1. The van der Waals surface area contributed by atoms with Gasteiger partial charge < -0.3 is 106 Å². The largest absolute Gasteiger partial charge is 0.445 e. The fraction of sp³-hybridized carbons (Fsp3) is 0.624. The minimum Gasteiger partial charge on any atom is -0.445 e. The van der Waals surface area contributed by atoms with Gasteiger partial charge in [0.1, 0.15) is 81.7 Å². The molecule has 4 aliphatic rings. The number of carbonyl (C=O) groups excluding carboxylic acids is 5. The minimum atomic E-state index is -3.15. The molecule has 0 unspecified atom stereocenters. The van der Waals surface area contributed by atoms with Crippen molar-refractivity contribution in [3.8, 4) is 0 Å². The van der Waals surface area contributed by atoms with Crippen LogP contribution in [0.15, 0.2) is 157 Å². The van der Waals surface area contributed by atoms with Gasteiger partial charge in [-0.15, -0.1) is 0 Å². The molecule has 5 aromatic carbocycles. The molecule has 35 heteroatoms. The lowest BCUT2D eigenvalue weighted by molar-refractivity contribution is -0.300. The van der Waals surface area contributed by atoms with Crippen LogP contribution in [-0.2, 0) is 107 Å². The fourth-order valence-electron chi connectivity index (χ4n) is 13.9. The molecule has 18 atom stereocenters. The van der Waals surface area contributed by atoms with Gasteiger partial charge >= 0.3 is 30.5 Å². The van der Waals surface area contributed by atoms with Crippen molar-refractivity contribution in [2.45, 2.75) is 345 Å². The van der Waals surface area contributed by atoms with Gasteiger partial charge in [-0.25, -0.2) is 24.0 Å². The van der Waals surface area contributed by atoms with Crippen LogP contribution in [0.25, 0.3) is 10.4 Å². The maximum absolute atomic E-state index is 15.3. The Bertz CT molecular complexity index is 4400. The van der Waals surface area contributed by atoms with Gasteiger partial charge in [-0.05, 0) is 130 Å². The smallest absolute Gasteiger partial charge is 0.407 e. The third-order valence-electron chi connectivity index (χ3n) is 26.7. The number of aliphatic hydroxyl groups is 1. The van der Waals surface area contributed by atoms with Gasteiger partial charge in [0.05, 0.1) is 42.9 Å². The summed E-state index contributed by atoms with van der Waals surface area (Å²) < 4.78 is 113. The molecule has 128 heavy (non-hydrogen) atoms. The van der Waals surface area contributed by atoms with E-state index in [0.717, 1.165) is 5.56 Å². The molecule has 0 aromatic heterocycles. The average Bonchev–Trinajstić information content (AvgIpc) is 1.75. The van der Waals surface area contributed by atoms with Crippen LogP contribution < -0.4 is 26.6 Å². The van der Waals surface area contributed by atoms with Crippen molar-refractivity contribution in [3.05, 3.63) is 190 Å². The first kappa shape index (κ1) is 104. The number of amides is 5. The molecule has 6 N–H and O–H groups in total. The molecule has 1 saturated carbocycles. The van der Waals surface area contributed by atoms with Crippen molar-refractivity contribution in [1.29, 1.82) is 0 Å². The van der Waals surface area contributed by atoms with Crippen LogP contribution in [0, 0.1) is 5.92 Å². The molecule has 30 nitrogen and oxygen atoms in total. The van der Waals surface area contributed by atoms with E-state index in [2.05, 4.69) is 206 Å². The van der Waals surface area contributed by atoms with Crippen molar-refractivity contribution in [2.75, 3.05) is 19.7 Å². The number of benzene rings is 5. The summed E-state index contributed by atoms with van der Waals surface area (Å²) in [5.74, 6) is -1.17. The molecule has 9 rings (SSSR count). The minimum absolute atomic E-state index is 0.0487. The number of rotatable bonds is 35. The van der Waals surface area contributed by atoms with Gasteiger partial charge in [-0.3, -0.25) is 0 Å². The molecule has 5 amide bonds. The van der Waals surface area contributed by atoms with Crippen LogP contribution in [-0.4, -0.2) is 201 Å². The van der Waals surface area contributed by atoms with Gasteiger partial charge in [-0.2, -0.15) is 0 Å². The Morgan fingerprint density at radius 1 is 0.398 bits per heavy atom. The van der Waals surface area contributed by atoms with Gasteiger partial charge in [0, 0.05) is 24.5 Å². The summed E-state index contributed by atoms with van der Waals surface area (Å²) in [6.45, 7) is 50.9. The second kappa shape index (κ2) is 44.3. The monoisotopic (exact) mass is 1860 g/mol. The number of azide groups is 1. The summed E-state index contributed by atoms with van der Waals surface area (Å²) in [7, 11) is -15.0. The molecular formula is C93H144N8O22Si5. The fourth-order valence-corrected chi connectivity index (χ4v) is 20.0. The standard InChI is InChI=1S/C93H144N8O22Si5/c1-89(2,3)124(16,17)113-60-67-75(116-82-73(100-88(107)112-59-65-49-39-30-40-50-65)78(122-127(22,23)92(10,11)12)77(121-126(20,21)91(7,8)9)71(115-82)54-95-84(103)108-55-61-41-31-26-32-42-61)83(123-128(24,25)93(13,14)15)119-80(67)118-79-74(102)68(97-85(104)109-56-62-43-33-27-34-44-62)52-69(98-86(105)110-57-63-45-35-28-36-46-63)76(79)117-81-72(99-87(106)111-58-64-47-37-29-38-48-64)70(51-66(114-81)53-96-101-94)120-125(18,19)90(4,5)6/h26-50,66-83,102H,51-60H2,1-25H3,(H,95,103)(H,97,104)(H,98,105)(H,99,106)(H,100,107)/t66-,67+,68+,69-,70-,71-,72+,73+,74-,75-,76+,77+,78+,79+,80+,81+,82+,83+/m0/s1. The zero-order chi connectivity index (χ0) is 94.2. The first-order valence-electron chi connectivity index (χ1n) is 44.6. The highest BCUT2D eigenvalue weighted by molar-refractivity contribution is 6.76. The van der Waals surface area contributed by atoms with E-state index in [-0.39, 0.29) is 65.6 Å². The Morgan fingerprint density at radius 2 is 0.758 bits per heavy atom. The highest BCUT2D eigenvalue weighted by Gasteiger charge is 2.62. The van der Waals surface area contributed by atoms with E-state index in [9.17, 15) is 25.0 Å². The molecule has 3 aliphatic heterocycles. The molecule has 4 fully saturated rings. The number of nitrogens with zero attached hydrogens (tertiary/aromatic N) is 3. The molecule has 0 radical (unpaired) electrons. The zero-order valence-electron chi connectivity index (χ0n) is 79.8. The first-order valence-corrected chi connectivity index (χ1v) is 59.1. The van der Waals surface area contributed by atoms with E-state index in [1.54, 1.807) is 24.3 Å². The van der Waals surface area contributed by atoms with Crippen molar-refractivity contribution in [2.24, 2.45) is 11.0 Å². The molecular weight excluding hydrogens is 1720 g/mol. The lowest BCUT2D eigenvalue weighted by Crippen LogP contribution is -2.71. The van der Waals surface area contributed by atoms with Crippen molar-refractivity contribution >= 4 is 72.1 Å². The highest BCUT2D eigenvalue weighted by atomic mass is 28.4. The number of ether oxygens (including phenoxy) is 11. The molecule has 3 heterocycles. The summed E-state index contributed by atoms with van der Waals surface area (Å²) >= 11 is 0. The maximum atomic E-state index is 15.3. The van der Waals surface area contributed by atoms with Crippen LogP contribution in [0.5, 0.6) is 0 Å². The van der Waals surface area contributed by atoms with Crippen molar-refractivity contribution in [3.63, 3.8) is 0 Å². The van der Waals surface area contributed by atoms with Gasteiger partial charge in [0.25, 0.3) is 0 Å². The van der Waals surface area contributed by atoms with E-state index >= 15 is 9.59 Å². The van der Waals surface area contributed by atoms with Gasteiger partial charge in [-0.1, -0.05) is 261 Å². The van der Waals surface area contributed by atoms with E-state index in [0.29, 0.717) is 22.3 Å². The van der Waals surface area contributed by atoms with Crippen LogP contribution in [0.4, 0.5) is 24.0 Å². The van der Waals surface area contributed by atoms with Crippen LogP contribution in [0.1, 0.15) is 145 Å². The highest BCUT2D eigenvalue weighted by Crippen LogP contribution is 2.49. The first-order chi connectivity index (χ1) is 59.8. The Labute approximate surface area is 762 Å².